The van der Waals surface area contributed by atoms with E-state index < -0.39 is 29.4 Å². The molecule has 1 aromatic carbocycles. The second kappa shape index (κ2) is 8.41. The summed E-state index contributed by atoms with van der Waals surface area (Å²) in [4.78, 5) is 26.9. The van der Waals surface area contributed by atoms with Crippen LogP contribution in [0.3, 0.4) is 0 Å². The molecule has 8 heteroatoms. The van der Waals surface area contributed by atoms with Gasteiger partial charge in [0.1, 0.15) is 0 Å². The first-order valence-corrected chi connectivity index (χ1v) is 10.8. The van der Waals surface area contributed by atoms with Gasteiger partial charge in [-0.25, -0.2) is 0 Å². The number of primary amides is 1. The van der Waals surface area contributed by atoms with Crippen LogP contribution in [0.5, 0.6) is 0 Å². The monoisotopic (exact) mass is 438 g/mol. The summed E-state index contributed by atoms with van der Waals surface area (Å²) in [5.41, 5.74) is 5.61. The van der Waals surface area contributed by atoms with E-state index in [-0.39, 0.29) is 5.69 Å². The maximum absolute atomic E-state index is 13.8. The number of halogens is 3. The highest BCUT2D eigenvalue weighted by Gasteiger charge is 2.58. The van der Waals surface area contributed by atoms with E-state index in [1.165, 1.54) is 12.1 Å². The number of carbonyl (C=O) groups is 2. The number of nitrogens with two attached hydrogens (primary N) is 1. The fourth-order valence-corrected chi connectivity index (χ4v) is 5.41. The third kappa shape index (κ3) is 3.85. The topological polar surface area (TPSA) is 63.4 Å². The lowest BCUT2D eigenvalue weighted by molar-refractivity contribution is -0.173. The van der Waals surface area contributed by atoms with E-state index in [1.807, 2.05) is 6.92 Å². The van der Waals surface area contributed by atoms with Crippen molar-refractivity contribution in [1.82, 2.24) is 0 Å². The number of nitrogens with zero attached hydrogens (tertiary/aromatic N) is 1. The number of anilines is 1. The number of hydrogen-bond donors (Lipinski definition) is 1. The summed E-state index contributed by atoms with van der Waals surface area (Å²) in [5, 5.41) is 1.69. The van der Waals surface area contributed by atoms with Crippen LogP contribution in [0, 0.1) is 19.8 Å². The van der Waals surface area contributed by atoms with E-state index in [4.69, 9.17) is 5.73 Å². The van der Waals surface area contributed by atoms with Crippen molar-refractivity contribution in [3.63, 3.8) is 0 Å². The van der Waals surface area contributed by atoms with Gasteiger partial charge in [-0.1, -0.05) is 31.4 Å². The van der Waals surface area contributed by atoms with Crippen LogP contribution in [0.1, 0.15) is 48.1 Å². The molecule has 1 fully saturated rings. The molecule has 162 valence electrons. The van der Waals surface area contributed by atoms with Crippen LogP contribution < -0.4 is 10.6 Å². The molecular weight excluding hydrogens is 413 g/mol. The van der Waals surface area contributed by atoms with Crippen LogP contribution in [0.4, 0.5) is 18.9 Å². The predicted molar refractivity (Wildman–Crippen MR) is 111 cm³/mol. The molecule has 0 saturated heterocycles. The molecule has 1 unspecified atom stereocenters. The highest BCUT2D eigenvalue weighted by Crippen LogP contribution is 2.48. The lowest BCUT2D eigenvalue weighted by atomic mass is 9.71. The van der Waals surface area contributed by atoms with Gasteiger partial charge in [0.05, 0.1) is 0 Å². The lowest BCUT2D eigenvalue weighted by Crippen LogP contribution is -2.64. The van der Waals surface area contributed by atoms with Gasteiger partial charge >= 0.3 is 12.1 Å². The Morgan fingerprint density at radius 1 is 1.07 bits per heavy atom. The summed E-state index contributed by atoms with van der Waals surface area (Å²) in [6.07, 6.45) is -1.64. The average molecular weight is 439 g/mol. The number of aryl methyl sites for hydroxylation is 2. The minimum atomic E-state index is -5.16. The van der Waals surface area contributed by atoms with Gasteiger partial charge in [0.15, 0.2) is 5.54 Å². The zero-order valence-corrected chi connectivity index (χ0v) is 17.8. The quantitative estimate of drug-likeness (QED) is 0.696. The molecular formula is C22H25F3N2O2S. The molecule has 0 radical (unpaired) electrons. The van der Waals surface area contributed by atoms with Gasteiger partial charge in [-0.3, -0.25) is 14.5 Å². The lowest BCUT2D eigenvalue weighted by Gasteiger charge is -2.47. The Balaban J connectivity index is 2.34. The molecule has 2 amide bonds. The summed E-state index contributed by atoms with van der Waals surface area (Å²) in [6.45, 7) is 3.59. The van der Waals surface area contributed by atoms with Gasteiger partial charge < -0.3 is 5.73 Å². The summed E-state index contributed by atoms with van der Waals surface area (Å²) >= 11 is 1.15. The first-order chi connectivity index (χ1) is 14.1. The largest absolute Gasteiger partial charge is 0.471 e. The Kier molecular flexibility index (Phi) is 6.26. The summed E-state index contributed by atoms with van der Waals surface area (Å²) in [7, 11) is 0. The normalized spacial score (nSPS) is 17.4. The van der Waals surface area contributed by atoms with Crippen LogP contribution in [-0.4, -0.2) is 18.0 Å². The molecule has 1 aliphatic rings. The van der Waals surface area contributed by atoms with E-state index in [0.717, 1.165) is 41.7 Å². The highest BCUT2D eigenvalue weighted by molar-refractivity contribution is 7.10. The van der Waals surface area contributed by atoms with Gasteiger partial charge in [-0.05, 0) is 67.3 Å². The Labute approximate surface area is 177 Å². The van der Waals surface area contributed by atoms with E-state index in [0.29, 0.717) is 22.6 Å². The third-order valence-electron chi connectivity index (χ3n) is 6.02. The first kappa shape index (κ1) is 22.3. The molecule has 0 spiro atoms. The maximum Gasteiger partial charge on any atom is 0.471 e. The molecule has 0 bridgehead atoms. The predicted octanol–water partition coefficient (Wildman–Crippen LogP) is 5.22. The molecule has 1 heterocycles. The van der Waals surface area contributed by atoms with Crippen molar-refractivity contribution in [2.75, 3.05) is 4.90 Å². The molecule has 1 aliphatic carbocycles. The number of thiophene rings is 1. The number of carbonyl (C=O) groups excluding carboxylic acids is 2. The first-order valence-electron chi connectivity index (χ1n) is 9.92. The average Bonchev–Trinajstić information content (AvgIpc) is 3.22. The van der Waals surface area contributed by atoms with E-state index in [1.54, 1.807) is 30.5 Å². The Bertz CT molecular complexity index is 921. The minimum absolute atomic E-state index is 0.0261. The third-order valence-corrected chi connectivity index (χ3v) is 7.01. The summed E-state index contributed by atoms with van der Waals surface area (Å²) in [6, 6.07) is 7.90. The van der Waals surface area contributed by atoms with Crippen molar-refractivity contribution >= 4 is 28.8 Å². The molecule has 30 heavy (non-hydrogen) atoms. The minimum Gasteiger partial charge on any atom is -0.367 e. The molecule has 1 aromatic heterocycles. The van der Waals surface area contributed by atoms with E-state index in [2.05, 4.69) is 0 Å². The second-order valence-corrected chi connectivity index (χ2v) is 8.80. The Morgan fingerprint density at radius 3 is 2.23 bits per heavy atom. The van der Waals surface area contributed by atoms with Gasteiger partial charge in [-0.2, -0.15) is 13.2 Å². The molecule has 2 aromatic rings. The highest BCUT2D eigenvalue weighted by atomic mass is 32.1. The standard InChI is InChI=1S/C22H25F3N2O2S/c1-14-10-11-17(13-15(14)2)27(20(29)22(23,24)25)21(19(26)28,18-9-6-12-30-18)16-7-4-3-5-8-16/h6,9-13,16H,3-5,7-8H2,1-2H3,(H2,26,28). The van der Waals surface area contributed by atoms with Gasteiger partial charge in [-0.15, -0.1) is 11.3 Å². The van der Waals surface area contributed by atoms with Gasteiger partial charge in [0, 0.05) is 10.6 Å². The van der Waals surface area contributed by atoms with Crippen LogP contribution in [0.15, 0.2) is 35.7 Å². The van der Waals surface area contributed by atoms with Crippen molar-refractivity contribution in [1.29, 1.82) is 0 Å². The molecule has 1 saturated carbocycles. The van der Waals surface area contributed by atoms with Crippen LogP contribution in [-0.2, 0) is 15.1 Å². The van der Waals surface area contributed by atoms with Crippen LogP contribution in [0.25, 0.3) is 0 Å². The summed E-state index contributed by atoms with van der Waals surface area (Å²) < 4.78 is 41.5. The molecule has 1 atom stereocenters. The van der Waals surface area contributed by atoms with Crippen molar-refractivity contribution in [2.24, 2.45) is 11.7 Å². The molecule has 3 rings (SSSR count). The fourth-order valence-electron chi connectivity index (χ4n) is 4.42. The van der Waals surface area contributed by atoms with Crippen molar-refractivity contribution in [3.05, 3.63) is 51.7 Å². The zero-order chi connectivity index (χ0) is 22.1. The SMILES string of the molecule is Cc1ccc(N(C(=O)C(F)(F)F)C(C(N)=O)(c2cccs2)C2CCCCC2)cc1C. The number of rotatable bonds is 5. The van der Waals surface area contributed by atoms with Gasteiger partial charge in [0.2, 0.25) is 5.91 Å². The summed E-state index contributed by atoms with van der Waals surface area (Å²) in [5.74, 6) is -3.52. The van der Waals surface area contributed by atoms with E-state index in [9.17, 15) is 22.8 Å². The number of hydrogen-bond acceptors (Lipinski definition) is 3. The number of benzene rings is 1. The fraction of sp³-hybridized carbons (Fsp3) is 0.455. The molecule has 4 nitrogen and oxygen atoms in total. The van der Waals surface area contributed by atoms with Crippen molar-refractivity contribution in [3.8, 4) is 0 Å². The van der Waals surface area contributed by atoms with Crippen molar-refractivity contribution in [2.45, 2.75) is 57.7 Å². The second-order valence-electron chi connectivity index (χ2n) is 7.85. The number of alkyl halides is 3. The van der Waals surface area contributed by atoms with Crippen LogP contribution >= 0.6 is 11.3 Å². The Morgan fingerprint density at radius 2 is 1.73 bits per heavy atom. The smallest absolute Gasteiger partial charge is 0.367 e. The molecule has 2 N–H and O–H groups in total. The van der Waals surface area contributed by atoms with Gasteiger partial charge in [0.25, 0.3) is 0 Å². The Hall–Kier alpha value is -2.35. The number of amides is 2. The van der Waals surface area contributed by atoms with Crippen LogP contribution in [0.2, 0.25) is 0 Å². The maximum atomic E-state index is 13.8. The molecule has 0 aliphatic heterocycles. The van der Waals surface area contributed by atoms with Crippen molar-refractivity contribution < 1.29 is 22.8 Å². The zero-order valence-electron chi connectivity index (χ0n) is 17.0. The van der Waals surface area contributed by atoms with E-state index >= 15 is 0 Å².